The third kappa shape index (κ3) is 3.12. The number of hydrogen-bond acceptors (Lipinski definition) is 5. The van der Waals surface area contributed by atoms with Crippen molar-refractivity contribution in [2.75, 3.05) is 0 Å². The fraction of sp³-hybridized carbons (Fsp3) is 0.526. The van der Waals surface area contributed by atoms with Gasteiger partial charge in [-0.2, -0.15) is 0 Å². The average Bonchev–Trinajstić information content (AvgIpc) is 3.17. The Morgan fingerprint density at radius 1 is 1.19 bits per heavy atom. The van der Waals surface area contributed by atoms with Crippen LogP contribution < -0.4 is 16.4 Å². The molecule has 3 atom stereocenters. The van der Waals surface area contributed by atoms with Gasteiger partial charge < -0.3 is 16.0 Å². The van der Waals surface area contributed by atoms with Crippen molar-refractivity contribution in [2.45, 2.75) is 63.3 Å². The molecule has 2 fully saturated rings. The normalized spacial score (nSPS) is 28.4. The van der Waals surface area contributed by atoms with Crippen molar-refractivity contribution in [3.05, 3.63) is 34.9 Å². The van der Waals surface area contributed by atoms with Gasteiger partial charge in [-0.25, -0.2) is 0 Å². The fourth-order valence-electron chi connectivity index (χ4n) is 4.20. The van der Waals surface area contributed by atoms with Crippen molar-refractivity contribution >= 4 is 17.7 Å². The maximum Gasteiger partial charge on any atom is 0.255 e. The van der Waals surface area contributed by atoms with Gasteiger partial charge in [0.2, 0.25) is 11.8 Å². The summed E-state index contributed by atoms with van der Waals surface area (Å²) in [7, 11) is 0. The largest absolute Gasteiger partial charge is 0.326 e. The molecule has 1 saturated heterocycles. The van der Waals surface area contributed by atoms with Gasteiger partial charge in [0.15, 0.2) is 0 Å². The quantitative estimate of drug-likeness (QED) is 0.678. The lowest BCUT2D eigenvalue weighted by Gasteiger charge is -2.29. The highest BCUT2D eigenvalue weighted by molar-refractivity contribution is 6.05. The second-order valence-electron chi connectivity index (χ2n) is 7.47. The molecule has 1 aliphatic carbocycles. The number of fused-ring (bicyclic) bond motifs is 1. The lowest BCUT2D eigenvalue weighted by molar-refractivity contribution is -0.136. The Labute approximate surface area is 152 Å². The van der Waals surface area contributed by atoms with E-state index in [1.54, 1.807) is 4.90 Å². The number of nitrogens with zero attached hydrogens (tertiary/aromatic N) is 1. The third-order valence-electron chi connectivity index (χ3n) is 5.73. The van der Waals surface area contributed by atoms with E-state index < -0.39 is 6.04 Å². The van der Waals surface area contributed by atoms with E-state index in [1.807, 2.05) is 18.2 Å². The van der Waals surface area contributed by atoms with Gasteiger partial charge >= 0.3 is 0 Å². The first kappa shape index (κ1) is 17.2. The van der Waals surface area contributed by atoms with Crippen molar-refractivity contribution in [1.82, 2.24) is 15.5 Å². The Morgan fingerprint density at radius 2 is 2.04 bits per heavy atom. The summed E-state index contributed by atoms with van der Waals surface area (Å²) >= 11 is 0. The second-order valence-corrected chi connectivity index (χ2v) is 7.47. The minimum Gasteiger partial charge on any atom is -0.326 e. The molecule has 7 heteroatoms. The topological polar surface area (TPSA) is 105 Å². The van der Waals surface area contributed by atoms with Crippen molar-refractivity contribution < 1.29 is 14.4 Å². The molecule has 0 spiro atoms. The predicted molar refractivity (Wildman–Crippen MR) is 94.9 cm³/mol. The van der Waals surface area contributed by atoms with Crippen LogP contribution in [0.1, 0.15) is 53.6 Å². The number of rotatable bonds is 4. The Balaban J connectivity index is 1.45. The number of imide groups is 1. The van der Waals surface area contributed by atoms with Crippen LogP contribution in [0, 0.1) is 0 Å². The molecule has 0 aromatic heterocycles. The van der Waals surface area contributed by atoms with E-state index in [2.05, 4.69) is 10.6 Å². The molecule has 3 aliphatic rings. The van der Waals surface area contributed by atoms with Crippen molar-refractivity contribution in [3.8, 4) is 0 Å². The highest BCUT2D eigenvalue weighted by Gasteiger charge is 2.39. The molecule has 0 bridgehead atoms. The SMILES string of the molecule is NC1CCCC1NCc1ccc2c(c1)C(=O)N(C1CCC(=O)NC1=O)C2. The average molecular weight is 356 g/mol. The summed E-state index contributed by atoms with van der Waals surface area (Å²) in [6, 6.07) is 5.87. The molecular formula is C19H24N4O3. The Morgan fingerprint density at radius 3 is 2.77 bits per heavy atom. The fourth-order valence-corrected chi connectivity index (χ4v) is 4.20. The Bertz CT molecular complexity index is 763. The maximum atomic E-state index is 12.8. The smallest absolute Gasteiger partial charge is 0.255 e. The molecule has 2 heterocycles. The number of amides is 3. The van der Waals surface area contributed by atoms with Gasteiger partial charge in [0.1, 0.15) is 6.04 Å². The molecule has 138 valence electrons. The number of carbonyl (C=O) groups excluding carboxylic acids is 3. The molecule has 2 aliphatic heterocycles. The van der Waals surface area contributed by atoms with E-state index in [0.29, 0.717) is 31.1 Å². The number of nitrogens with two attached hydrogens (primary N) is 1. The first-order valence-electron chi connectivity index (χ1n) is 9.28. The molecule has 3 amide bonds. The van der Waals surface area contributed by atoms with Gasteiger partial charge in [-0.3, -0.25) is 19.7 Å². The number of hydrogen-bond donors (Lipinski definition) is 3. The van der Waals surface area contributed by atoms with Gasteiger partial charge in [-0.1, -0.05) is 18.6 Å². The summed E-state index contributed by atoms with van der Waals surface area (Å²) in [6.07, 6.45) is 3.96. The number of nitrogens with one attached hydrogen (secondary N) is 2. The van der Waals surface area contributed by atoms with Crippen LogP contribution in [0.3, 0.4) is 0 Å². The number of benzene rings is 1. The van der Waals surface area contributed by atoms with Gasteiger partial charge in [-0.05, 0) is 36.5 Å². The molecule has 1 saturated carbocycles. The third-order valence-corrected chi connectivity index (χ3v) is 5.73. The van der Waals surface area contributed by atoms with Crippen LogP contribution in [-0.4, -0.2) is 40.7 Å². The minimum atomic E-state index is -0.564. The summed E-state index contributed by atoms with van der Waals surface area (Å²) in [6.45, 7) is 1.10. The van der Waals surface area contributed by atoms with E-state index in [9.17, 15) is 14.4 Å². The summed E-state index contributed by atoms with van der Waals surface area (Å²) in [5.41, 5.74) is 8.73. The van der Waals surface area contributed by atoms with E-state index in [-0.39, 0.29) is 30.2 Å². The summed E-state index contributed by atoms with van der Waals surface area (Å²) in [5, 5.41) is 5.82. The van der Waals surface area contributed by atoms with Crippen molar-refractivity contribution in [3.63, 3.8) is 0 Å². The van der Waals surface area contributed by atoms with Crippen LogP contribution in [0.25, 0.3) is 0 Å². The molecule has 4 rings (SSSR count). The molecule has 1 aromatic carbocycles. The summed E-state index contributed by atoms with van der Waals surface area (Å²) in [4.78, 5) is 37.8. The molecule has 26 heavy (non-hydrogen) atoms. The van der Waals surface area contributed by atoms with Crippen molar-refractivity contribution in [1.29, 1.82) is 0 Å². The molecular weight excluding hydrogens is 332 g/mol. The lowest BCUT2D eigenvalue weighted by Crippen LogP contribution is -2.52. The zero-order valence-corrected chi connectivity index (χ0v) is 14.7. The first-order chi connectivity index (χ1) is 12.5. The van der Waals surface area contributed by atoms with Crippen LogP contribution >= 0.6 is 0 Å². The van der Waals surface area contributed by atoms with Crippen LogP contribution in [0.15, 0.2) is 18.2 Å². The van der Waals surface area contributed by atoms with Crippen LogP contribution in [0.5, 0.6) is 0 Å². The maximum absolute atomic E-state index is 12.8. The Kier molecular flexibility index (Phi) is 4.50. The zero-order valence-electron chi connectivity index (χ0n) is 14.7. The van der Waals surface area contributed by atoms with Crippen LogP contribution in [-0.2, 0) is 22.7 Å². The van der Waals surface area contributed by atoms with Gasteiger partial charge in [0.05, 0.1) is 0 Å². The first-order valence-corrected chi connectivity index (χ1v) is 9.28. The molecule has 7 nitrogen and oxygen atoms in total. The van der Waals surface area contributed by atoms with Crippen LogP contribution in [0.4, 0.5) is 0 Å². The highest BCUT2D eigenvalue weighted by atomic mass is 16.2. The van der Waals surface area contributed by atoms with Crippen molar-refractivity contribution in [2.24, 2.45) is 5.73 Å². The summed E-state index contributed by atoms with van der Waals surface area (Å²) in [5.74, 6) is -0.776. The van der Waals surface area contributed by atoms with E-state index in [4.69, 9.17) is 5.73 Å². The predicted octanol–water partition coefficient (Wildman–Crippen LogP) is 0.417. The molecule has 3 unspecified atom stereocenters. The van der Waals surface area contributed by atoms with Gasteiger partial charge in [-0.15, -0.1) is 0 Å². The Hall–Kier alpha value is -2.25. The summed E-state index contributed by atoms with van der Waals surface area (Å²) < 4.78 is 0. The second kappa shape index (κ2) is 6.81. The number of carbonyl (C=O) groups is 3. The zero-order chi connectivity index (χ0) is 18.3. The van der Waals surface area contributed by atoms with Crippen LogP contribution in [0.2, 0.25) is 0 Å². The number of piperidine rings is 1. The monoisotopic (exact) mass is 356 g/mol. The minimum absolute atomic E-state index is 0.131. The standard InChI is InChI=1S/C19H24N4O3/c20-14-2-1-3-15(14)21-9-11-4-5-12-10-23(19(26)13(12)8-11)16-6-7-17(24)22-18(16)25/h4-5,8,14-16,21H,1-3,6-7,9-10,20H2,(H,22,24,25). The van der Waals surface area contributed by atoms with E-state index >= 15 is 0 Å². The lowest BCUT2D eigenvalue weighted by atomic mass is 10.0. The van der Waals surface area contributed by atoms with E-state index in [0.717, 1.165) is 30.4 Å². The molecule has 4 N–H and O–H groups in total. The van der Waals surface area contributed by atoms with E-state index in [1.165, 1.54) is 0 Å². The molecule has 0 radical (unpaired) electrons. The molecule has 1 aromatic rings. The highest BCUT2D eigenvalue weighted by Crippen LogP contribution is 2.28. The van der Waals surface area contributed by atoms with Gasteiger partial charge in [0, 0.05) is 37.2 Å². The van der Waals surface area contributed by atoms with Gasteiger partial charge in [0.25, 0.3) is 5.91 Å².